The third kappa shape index (κ3) is 2.35. The fourth-order valence-electron chi connectivity index (χ4n) is 2.05. The predicted molar refractivity (Wildman–Crippen MR) is 62.2 cm³/mol. The quantitative estimate of drug-likeness (QED) is 0.792. The van der Waals surface area contributed by atoms with Crippen LogP contribution >= 0.6 is 0 Å². The van der Waals surface area contributed by atoms with E-state index in [4.69, 9.17) is 4.74 Å². The second kappa shape index (κ2) is 5.30. The van der Waals surface area contributed by atoms with Gasteiger partial charge < -0.3 is 10.1 Å². The zero-order valence-electron chi connectivity index (χ0n) is 9.63. The molecule has 0 bridgehead atoms. The Bertz CT molecular complexity index is 354. The van der Waals surface area contributed by atoms with Gasteiger partial charge in [-0.3, -0.25) is 0 Å². The van der Waals surface area contributed by atoms with E-state index in [2.05, 4.69) is 12.2 Å². The van der Waals surface area contributed by atoms with Crippen molar-refractivity contribution in [2.75, 3.05) is 13.2 Å². The number of ether oxygens (including phenoxy) is 1. The minimum atomic E-state index is -0.250. The van der Waals surface area contributed by atoms with Gasteiger partial charge in [0.1, 0.15) is 0 Å². The maximum atomic E-state index is 13.5. The smallest absolute Gasteiger partial charge is 0.165 e. The molecule has 1 aromatic carbocycles. The molecule has 1 atom stereocenters. The molecule has 0 spiro atoms. The summed E-state index contributed by atoms with van der Waals surface area (Å²) in [6.45, 7) is 3.74. The number of para-hydroxylation sites is 1. The number of benzene rings is 1. The van der Waals surface area contributed by atoms with Crippen LogP contribution in [0.1, 0.15) is 37.8 Å². The normalized spacial score (nSPS) is 19.0. The summed E-state index contributed by atoms with van der Waals surface area (Å²) in [7, 11) is 0. The highest BCUT2D eigenvalue weighted by Crippen LogP contribution is 2.33. The standard InChI is InChI=1S/C13H18FNO/c1-2-3-8-15-12-7-9-16-13-10(12)5-4-6-11(13)14/h4-6,12,15H,2-3,7-9H2,1H3. The topological polar surface area (TPSA) is 21.3 Å². The van der Waals surface area contributed by atoms with Crippen LogP contribution in [0.15, 0.2) is 18.2 Å². The fourth-order valence-corrected chi connectivity index (χ4v) is 2.05. The third-order valence-corrected chi connectivity index (χ3v) is 2.95. The number of hydrogen-bond donors (Lipinski definition) is 1. The number of unbranched alkanes of at least 4 members (excludes halogenated alkanes) is 1. The van der Waals surface area contributed by atoms with Gasteiger partial charge in [-0.1, -0.05) is 25.5 Å². The van der Waals surface area contributed by atoms with E-state index in [-0.39, 0.29) is 11.9 Å². The molecule has 0 amide bonds. The molecule has 2 nitrogen and oxygen atoms in total. The first-order valence-corrected chi connectivity index (χ1v) is 5.97. The monoisotopic (exact) mass is 223 g/mol. The van der Waals surface area contributed by atoms with Gasteiger partial charge in [-0.05, 0) is 19.0 Å². The first-order valence-electron chi connectivity index (χ1n) is 5.97. The first kappa shape index (κ1) is 11.4. The predicted octanol–water partition coefficient (Wildman–Crippen LogP) is 3.04. The summed E-state index contributed by atoms with van der Waals surface area (Å²) in [4.78, 5) is 0. The minimum absolute atomic E-state index is 0.242. The Morgan fingerprint density at radius 1 is 1.50 bits per heavy atom. The average molecular weight is 223 g/mol. The maximum absolute atomic E-state index is 13.5. The van der Waals surface area contributed by atoms with Gasteiger partial charge in [-0.2, -0.15) is 0 Å². The highest BCUT2D eigenvalue weighted by atomic mass is 19.1. The van der Waals surface area contributed by atoms with E-state index in [1.807, 2.05) is 6.07 Å². The largest absolute Gasteiger partial charge is 0.490 e. The first-order chi connectivity index (χ1) is 7.83. The van der Waals surface area contributed by atoms with Crippen molar-refractivity contribution in [2.45, 2.75) is 32.2 Å². The summed E-state index contributed by atoms with van der Waals surface area (Å²) < 4.78 is 18.9. The minimum Gasteiger partial charge on any atom is -0.490 e. The number of nitrogens with one attached hydrogen (secondary N) is 1. The molecule has 16 heavy (non-hydrogen) atoms. The molecule has 1 heterocycles. The van der Waals surface area contributed by atoms with Gasteiger partial charge in [0.15, 0.2) is 11.6 Å². The van der Waals surface area contributed by atoms with Gasteiger partial charge in [0.05, 0.1) is 6.61 Å². The molecule has 1 N–H and O–H groups in total. The Labute approximate surface area is 95.8 Å². The lowest BCUT2D eigenvalue weighted by atomic mass is 10.00. The van der Waals surface area contributed by atoms with Crippen LogP contribution in [0.5, 0.6) is 5.75 Å². The van der Waals surface area contributed by atoms with Crippen molar-refractivity contribution < 1.29 is 9.13 Å². The summed E-state index contributed by atoms with van der Waals surface area (Å²) in [6.07, 6.45) is 3.24. The Hall–Kier alpha value is -1.09. The van der Waals surface area contributed by atoms with Crippen molar-refractivity contribution in [1.29, 1.82) is 0 Å². The molecule has 0 aliphatic carbocycles. The molecular formula is C13H18FNO. The third-order valence-electron chi connectivity index (χ3n) is 2.95. The molecule has 3 heteroatoms. The molecule has 88 valence electrons. The van der Waals surface area contributed by atoms with Crippen LogP contribution < -0.4 is 10.1 Å². The molecule has 0 saturated carbocycles. The zero-order chi connectivity index (χ0) is 11.4. The van der Waals surface area contributed by atoms with Crippen LogP contribution in [0, 0.1) is 5.82 Å². The van der Waals surface area contributed by atoms with Crippen molar-refractivity contribution in [3.05, 3.63) is 29.6 Å². The van der Waals surface area contributed by atoms with Gasteiger partial charge >= 0.3 is 0 Å². The van der Waals surface area contributed by atoms with E-state index in [0.717, 1.165) is 24.9 Å². The van der Waals surface area contributed by atoms with Gasteiger partial charge in [0.25, 0.3) is 0 Å². The highest BCUT2D eigenvalue weighted by molar-refractivity contribution is 5.38. The Kier molecular flexibility index (Phi) is 3.78. The van der Waals surface area contributed by atoms with Crippen molar-refractivity contribution in [3.8, 4) is 5.75 Å². The zero-order valence-corrected chi connectivity index (χ0v) is 9.63. The Morgan fingerprint density at radius 2 is 2.38 bits per heavy atom. The second-order valence-electron chi connectivity index (χ2n) is 4.16. The molecule has 0 fully saturated rings. The van der Waals surface area contributed by atoms with Gasteiger partial charge in [-0.25, -0.2) is 4.39 Å². The summed E-state index contributed by atoms with van der Waals surface area (Å²) in [5.74, 6) is 0.183. The summed E-state index contributed by atoms with van der Waals surface area (Å²) in [5.41, 5.74) is 0.961. The fraction of sp³-hybridized carbons (Fsp3) is 0.538. The molecule has 2 rings (SSSR count). The van der Waals surface area contributed by atoms with E-state index in [1.165, 1.54) is 12.5 Å². The molecule has 1 aliphatic heterocycles. The van der Waals surface area contributed by atoms with E-state index >= 15 is 0 Å². The lowest BCUT2D eigenvalue weighted by molar-refractivity contribution is 0.241. The molecule has 0 aromatic heterocycles. The van der Waals surface area contributed by atoms with Crippen LogP contribution in [0.25, 0.3) is 0 Å². The summed E-state index contributed by atoms with van der Waals surface area (Å²) >= 11 is 0. The lowest BCUT2D eigenvalue weighted by Crippen LogP contribution is -2.28. The van der Waals surface area contributed by atoms with Gasteiger partial charge in [-0.15, -0.1) is 0 Å². The van der Waals surface area contributed by atoms with E-state index in [1.54, 1.807) is 6.07 Å². The van der Waals surface area contributed by atoms with E-state index in [9.17, 15) is 4.39 Å². The average Bonchev–Trinajstić information content (AvgIpc) is 2.31. The van der Waals surface area contributed by atoms with Crippen LogP contribution in [-0.2, 0) is 0 Å². The van der Waals surface area contributed by atoms with Crippen LogP contribution in [0.4, 0.5) is 4.39 Å². The highest BCUT2D eigenvalue weighted by Gasteiger charge is 2.22. The van der Waals surface area contributed by atoms with Crippen molar-refractivity contribution in [1.82, 2.24) is 5.32 Å². The van der Waals surface area contributed by atoms with Gasteiger partial charge in [0, 0.05) is 18.0 Å². The Balaban J connectivity index is 2.10. The van der Waals surface area contributed by atoms with Crippen LogP contribution in [0.2, 0.25) is 0 Å². The number of fused-ring (bicyclic) bond motifs is 1. The maximum Gasteiger partial charge on any atom is 0.165 e. The number of halogens is 1. The molecular weight excluding hydrogens is 205 g/mol. The molecule has 1 aliphatic rings. The van der Waals surface area contributed by atoms with Gasteiger partial charge in [0.2, 0.25) is 0 Å². The van der Waals surface area contributed by atoms with E-state index < -0.39 is 0 Å². The SMILES string of the molecule is CCCCNC1CCOc2c(F)cccc21. The van der Waals surface area contributed by atoms with E-state index in [0.29, 0.717) is 12.4 Å². The number of hydrogen-bond acceptors (Lipinski definition) is 2. The molecule has 1 unspecified atom stereocenters. The summed E-state index contributed by atoms with van der Waals surface area (Å²) in [5, 5.41) is 3.46. The number of rotatable bonds is 4. The van der Waals surface area contributed by atoms with Crippen molar-refractivity contribution in [3.63, 3.8) is 0 Å². The lowest BCUT2D eigenvalue weighted by Gasteiger charge is -2.27. The second-order valence-corrected chi connectivity index (χ2v) is 4.16. The molecule has 1 aromatic rings. The van der Waals surface area contributed by atoms with Crippen molar-refractivity contribution in [2.24, 2.45) is 0 Å². The Morgan fingerprint density at radius 3 is 3.19 bits per heavy atom. The molecule has 0 saturated heterocycles. The summed E-state index contributed by atoms with van der Waals surface area (Å²) in [6, 6.07) is 5.39. The van der Waals surface area contributed by atoms with Crippen LogP contribution in [-0.4, -0.2) is 13.2 Å². The molecule has 0 radical (unpaired) electrons. The van der Waals surface area contributed by atoms with Crippen molar-refractivity contribution >= 4 is 0 Å². The van der Waals surface area contributed by atoms with Crippen LogP contribution in [0.3, 0.4) is 0 Å².